The second-order valence-corrected chi connectivity index (χ2v) is 5.06. The fraction of sp³-hybridized carbons (Fsp3) is 0.0714. The lowest BCUT2D eigenvalue weighted by atomic mass is 10.1. The molecule has 2 aromatic rings. The first kappa shape index (κ1) is 12.9. The van der Waals surface area contributed by atoms with Gasteiger partial charge in [-0.05, 0) is 24.3 Å². The molecular formula is C14H10BrClN2. The first-order valence-corrected chi connectivity index (χ1v) is 6.54. The number of nitrogens with one attached hydrogen (secondary N) is 1. The zero-order valence-electron chi connectivity index (χ0n) is 9.40. The van der Waals surface area contributed by atoms with Crippen LogP contribution in [0.4, 0.5) is 5.69 Å². The lowest BCUT2D eigenvalue weighted by molar-refractivity contribution is 0.998. The Balaban J connectivity index is 2.26. The Morgan fingerprint density at radius 3 is 2.61 bits per heavy atom. The van der Waals surface area contributed by atoms with Crippen LogP contribution in [0.1, 0.15) is 11.6 Å². The average Bonchev–Trinajstić information content (AvgIpc) is 2.37. The Kier molecular flexibility index (Phi) is 4.24. The predicted molar refractivity (Wildman–Crippen MR) is 77.6 cm³/mol. The van der Waals surface area contributed by atoms with Gasteiger partial charge in [0.1, 0.15) is 6.04 Å². The molecule has 0 amide bonds. The van der Waals surface area contributed by atoms with Crippen molar-refractivity contribution in [1.82, 2.24) is 0 Å². The largest absolute Gasteiger partial charge is 0.366 e. The molecule has 2 nitrogen and oxygen atoms in total. The minimum atomic E-state index is -0.465. The maximum absolute atomic E-state index is 9.25. The number of hydrogen-bond acceptors (Lipinski definition) is 2. The van der Waals surface area contributed by atoms with Gasteiger partial charge in [-0.25, -0.2) is 0 Å². The third kappa shape index (κ3) is 3.04. The third-order valence-electron chi connectivity index (χ3n) is 2.48. The molecule has 4 heteroatoms. The van der Waals surface area contributed by atoms with Crippen LogP contribution >= 0.6 is 27.5 Å². The molecule has 2 rings (SSSR count). The maximum Gasteiger partial charge on any atom is 0.141 e. The van der Waals surface area contributed by atoms with Crippen molar-refractivity contribution in [3.8, 4) is 6.07 Å². The Hall–Kier alpha value is -1.50. The highest BCUT2D eigenvalue weighted by atomic mass is 79.9. The Bertz CT molecular complexity index is 592. The van der Waals surface area contributed by atoms with E-state index in [2.05, 4.69) is 27.3 Å². The van der Waals surface area contributed by atoms with Crippen molar-refractivity contribution in [3.05, 3.63) is 63.6 Å². The molecule has 0 aromatic heterocycles. The lowest BCUT2D eigenvalue weighted by Gasteiger charge is -2.14. The SMILES string of the molecule is N#CC(Nc1cccc(Br)c1)c1ccccc1Cl. The molecule has 0 radical (unpaired) electrons. The molecule has 0 aliphatic rings. The van der Waals surface area contributed by atoms with E-state index < -0.39 is 6.04 Å². The quantitative estimate of drug-likeness (QED) is 0.883. The van der Waals surface area contributed by atoms with Crippen LogP contribution in [0.5, 0.6) is 0 Å². The van der Waals surface area contributed by atoms with Gasteiger partial charge in [0.05, 0.1) is 6.07 Å². The summed E-state index contributed by atoms with van der Waals surface area (Å²) in [6.07, 6.45) is 0. The summed E-state index contributed by atoms with van der Waals surface area (Å²) in [6.45, 7) is 0. The second-order valence-electron chi connectivity index (χ2n) is 3.74. The smallest absolute Gasteiger partial charge is 0.141 e. The van der Waals surface area contributed by atoms with Crippen LogP contribution in [-0.2, 0) is 0 Å². The zero-order valence-corrected chi connectivity index (χ0v) is 11.7. The first-order valence-electron chi connectivity index (χ1n) is 5.37. The molecule has 0 bridgehead atoms. The maximum atomic E-state index is 9.25. The molecule has 0 aliphatic carbocycles. The van der Waals surface area contributed by atoms with Gasteiger partial charge in [-0.15, -0.1) is 0 Å². The van der Waals surface area contributed by atoms with Crippen LogP contribution < -0.4 is 5.32 Å². The van der Waals surface area contributed by atoms with Crippen LogP contribution in [0.15, 0.2) is 53.0 Å². The third-order valence-corrected chi connectivity index (χ3v) is 3.32. The van der Waals surface area contributed by atoms with Gasteiger partial charge in [-0.1, -0.05) is 51.8 Å². The minimum absolute atomic E-state index is 0.465. The van der Waals surface area contributed by atoms with Crippen molar-refractivity contribution in [3.63, 3.8) is 0 Å². The van der Waals surface area contributed by atoms with Crippen molar-refractivity contribution in [2.45, 2.75) is 6.04 Å². The van der Waals surface area contributed by atoms with Crippen LogP contribution in [0.3, 0.4) is 0 Å². The van der Waals surface area contributed by atoms with E-state index in [4.69, 9.17) is 11.6 Å². The van der Waals surface area contributed by atoms with E-state index in [0.29, 0.717) is 5.02 Å². The molecule has 18 heavy (non-hydrogen) atoms. The summed E-state index contributed by atoms with van der Waals surface area (Å²) in [5.74, 6) is 0. The number of halogens is 2. The van der Waals surface area contributed by atoms with Gasteiger partial charge in [0.15, 0.2) is 0 Å². The molecule has 1 unspecified atom stereocenters. The van der Waals surface area contributed by atoms with Crippen molar-refractivity contribution in [2.24, 2.45) is 0 Å². The number of rotatable bonds is 3. The van der Waals surface area contributed by atoms with E-state index in [9.17, 15) is 5.26 Å². The molecule has 0 saturated carbocycles. The fourth-order valence-corrected chi connectivity index (χ4v) is 2.28. The number of hydrogen-bond donors (Lipinski definition) is 1. The molecule has 0 saturated heterocycles. The number of nitriles is 1. The summed E-state index contributed by atoms with van der Waals surface area (Å²) in [7, 11) is 0. The highest BCUT2D eigenvalue weighted by Crippen LogP contribution is 2.26. The Morgan fingerprint density at radius 1 is 1.17 bits per heavy atom. The van der Waals surface area contributed by atoms with E-state index in [0.717, 1.165) is 15.7 Å². The van der Waals surface area contributed by atoms with E-state index in [-0.39, 0.29) is 0 Å². The number of anilines is 1. The monoisotopic (exact) mass is 320 g/mol. The average molecular weight is 322 g/mol. The molecule has 1 atom stereocenters. The molecule has 0 aliphatic heterocycles. The van der Waals surface area contributed by atoms with Crippen LogP contribution in [0.25, 0.3) is 0 Å². The summed E-state index contributed by atoms with van der Waals surface area (Å²) in [6, 6.07) is 16.8. The number of benzene rings is 2. The first-order chi connectivity index (χ1) is 8.70. The molecule has 90 valence electrons. The van der Waals surface area contributed by atoms with Crippen molar-refractivity contribution >= 4 is 33.2 Å². The van der Waals surface area contributed by atoms with E-state index >= 15 is 0 Å². The van der Waals surface area contributed by atoms with Gasteiger partial charge >= 0.3 is 0 Å². The van der Waals surface area contributed by atoms with Gasteiger partial charge < -0.3 is 5.32 Å². The standard InChI is InChI=1S/C14H10BrClN2/c15-10-4-3-5-11(8-10)18-14(9-17)12-6-1-2-7-13(12)16/h1-8,14,18H. The fourth-order valence-electron chi connectivity index (χ4n) is 1.63. The van der Waals surface area contributed by atoms with Crippen molar-refractivity contribution < 1.29 is 0 Å². The summed E-state index contributed by atoms with van der Waals surface area (Å²) in [5, 5.41) is 13.0. The van der Waals surface area contributed by atoms with E-state index in [1.807, 2.05) is 42.5 Å². The van der Waals surface area contributed by atoms with Crippen molar-refractivity contribution in [2.75, 3.05) is 5.32 Å². The lowest BCUT2D eigenvalue weighted by Crippen LogP contribution is -2.08. The Morgan fingerprint density at radius 2 is 1.94 bits per heavy atom. The van der Waals surface area contributed by atoms with Gasteiger partial charge in [-0.3, -0.25) is 0 Å². The van der Waals surface area contributed by atoms with Crippen LogP contribution in [0, 0.1) is 11.3 Å². The van der Waals surface area contributed by atoms with Crippen LogP contribution in [0.2, 0.25) is 5.02 Å². The molecule has 1 N–H and O–H groups in total. The summed E-state index contributed by atoms with van der Waals surface area (Å²) >= 11 is 9.49. The molecule has 0 fully saturated rings. The molecular weight excluding hydrogens is 312 g/mol. The Labute approximate surface area is 119 Å². The molecule has 0 heterocycles. The highest BCUT2D eigenvalue weighted by molar-refractivity contribution is 9.10. The van der Waals surface area contributed by atoms with Gasteiger partial charge in [-0.2, -0.15) is 5.26 Å². The normalized spacial score (nSPS) is 11.6. The van der Waals surface area contributed by atoms with Crippen LogP contribution in [-0.4, -0.2) is 0 Å². The minimum Gasteiger partial charge on any atom is -0.366 e. The topological polar surface area (TPSA) is 35.8 Å². The predicted octanol–water partition coefficient (Wildman–Crippen LogP) is 4.78. The van der Waals surface area contributed by atoms with E-state index in [1.54, 1.807) is 6.07 Å². The van der Waals surface area contributed by atoms with Gasteiger partial charge in [0, 0.05) is 20.7 Å². The summed E-state index contributed by atoms with van der Waals surface area (Å²) in [5.41, 5.74) is 1.65. The second kappa shape index (κ2) is 5.90. The van der Waals surface area contributed by atoms with Gasteiger partial charge in [0.25, 0.3) is 0 Å². The molecule has 2 aromatic carbocycles. The highest BCUT2D eigenvalue weighted by Gasteiger charge is 2.13. The zero-order chi connectivity index (χ0) is 13.0. The van der Waals surface area contributed by atoms with E-state index in [1.165, 1.54) is 0 Å². The molecule has 0 spiro atoms. The van der Waals surface area contributed by atoms with Crippen molar-refractivity contribution in [1.29, 1.82) is 5.26 Å². The number of nitrogens with zero attached hydrogens (tertiary/aromatic N) is 1. The van der Waals surface area contributed by atoms with Gasteiger partial charge in [0.2, 0.25) is 0 Å². The summed E-state index contributed by atoms with van der Waals surface area (Å²) < 4.78 is 0.961. The summed E-state index contributed by atoms with van der Waals surface area (Å²) in [4.78, 5) is 0.